The lowest BCUT2D eigenvalue weighted by Gasteiger charge is -2.36. The van der Waals surface area contributed by atoms with Gasteiger partial charge in [0.1, 0.15) is 5.84 Å². The smallest absolute Gasteiger partial charge is 0.126 e. The quantitative estimate of drug-likeness (QED) is 0.657. The Kier molecular flexibility index (Phi) is 3.53. The molecule has 1 unspecified atom stereocenters. The lowest BCUT2D eigenvalue weighted by Crippen LogP contribution is -2.41. The maximum Gasteiger partial charge on any atom is 0.126 e. The average Bonchev–Trinajstić information content (AvgIpc) is 2.46. The number of pyridine rings is 1. The second-order valence-corrected chi connectivity index (χ2v) is 6.22. The number of para-hydroxylation sites is 1. The van der Waals surface area contributed by atoms with Crippen LogP contribution < -0.4 is 10.6 Å². The lowest BCUT2D eigenvalue weighted by molar-refractivity contribution is 0.701. The van der Waals surface area contributed by atoms with Gasteiger partial charge in [0, 0.05) is 35.7 Å². The standard InChI is InChI=1S/C15H18N4S/c1-10-9-20-7-6-19(10)14-11-4-2-3-5-13(11)18-8-12(14)15(16)17/h2-5,8,10H,6-7,9H2,1H3,(H3,16,17). The summed E-state index contributed by atoms with van der Waals surface area (Å²) in [5.74, 6) is 2.30. The minimum Gasteiger partial charge on any atom is -0.384 e. The predicted molar refractivity (Wildman–Crippen MR) is 86.9 cm³/mol. The van der Waals surface area contributed by atoms with Crippen LogP contribution in [0.15, 0.2) is 30.5 Å². The molecule has 20 heavy (non-hydrogen) atoms. The van der Waals surface area contributed by atoms with Crippen molar-refractivity contribution in [2.75, 3.05) is 23.0 Å². The zero-order valence-electron chi connectivity index (χ0n) is 11.5. The number of thioether (sulfide) groups is 1. The fourth-order valence-corrected chi connectivity index (χ4v) is 3.71. The Balaban J connectivity index is 2.24. The van der Waals surface area contributed by atoms with Crippen molar-refractivity contribution in [2.24, 2.45) is 5.73 Å². The summed E-state index contributed by atoms with van der Waals surface area (Å²) in [5, 5.41) is 8.92. The van der Waals surface area contributed by atoms with Crippen molar-refractivity contribution < 1.29 is 0 Å². The summed E-state index contributed by atoms with van der Waals surface area (Å²) in [4.78, 5) is 6.80. The monoisotopic (exact) mass is 286 g/mol. The highest BCUT2D eigenvalue weighted by Gasteiger charge is 2.24. The molecule has 1 saturated heterocycles. The van der Waals surface area contributed by atoms with E-state index < -0.39 is 0 Å². The predicted octanol–water partition coefficient (Wildman–Crippen LogP) is 2.46. The van der Waals surface area contributed by atoms with Crippen molar-refractivity contribution in [3.05, 3.63) is 36.0 Å². The minimum atomic E-state index is 0.0867. The van der Waals surface area contributed by atoms with E-state index in [-0.39, 0.29) is 5.84 Å². The molecule has 3 rings (SSSR count). The maximum absolute atomic E-state index is 7.84. The molecule has 1 aliphatic heterocycles. The number of rotatable bonds is 2. The Labute approximate surface area is 122 Å². The van der Waals surface area contributed by atoms with E-state index in [1.165, 1.54) is 0 Å². The number of nitrogens with two attached hydrogens (primary N) is 1. The normalized spacial score (nSPS) is 19.2. The van der Waals surface area contributed by atoms with E-state index in [0.717, 1.165) is 40.2 Å². The van der Waals surface area contributed by atoms with E-state index in [9.17, 15) is 0 Å². The summed E-state index contributed by atoms with van der Waals surface area (Å²) in [6.45, 7) is 3.21. The first kappa shape index (κ1) is 13.2. The van der Waals surface area contributed by atoms with Crippen LogP contribution in [0, 0.1) is 5.41 Å². The molecule has 2 heterocycles. The van der Waals surface area contributed by atoms with Crippen LogP contribution in [0.2, 0.25) is 0 Å². The molecule has 2 aromatic rings. The van der Waals surface area contributed by atoms with Crippen LogP contribution in [-0.4, -0.2) is 34.9 Å². The zero-order valence-corrected chi connectivity index (χ0v) is 12.3. The van der Waals surface area contributed by atoms with Gasteiger partial charge in [-0.1, -0.05) is 18.2 Å². The van der Waals surface area contributed by atoms with Gasteiger partial charge in [-0.2, -0.15) is 11.8 Å². The molecule has 3 N–H and O–H groups in total. The highest BCUT2D eigenvalue weighted by atomic mass is 32.2. The maximum atomic E-state index is 7.84. The van der Waals surface area contributed by atoms with E-state index in [4.69, 9.17) is 11.1 Å². The summed E-state index contributed by atoms with van der Waals surface area (Å²) in [6, 6.07) is 8.52. The SMILES string of the molecule is CC1CSCCN1c1c(C(=N)N)cnc2ccccc12. The van der Waals surface area contributed by atoms with Crippen LogP contribution >= 0.6 is 11.8 Å². The molecule has 0 spiro atoms. The van der Waals surface area contributed by atoms with Crippen molar-refractivity contribution in [2.45, 2.75) is 13.0 Å². The van der Waals surface area contributed by atoms with Crippen molar-refractivity contribution in [1.82, 2.24) is 4.98 Å². The molecule has 1 atom stereocenters. The highest BCUT2D eigenvalue weighted by Crippen LogP contribution is 2.33. The van der Waals surface area contributed by atoms with E-state index in [0.29, 0.717) is 6.04 Å². The third-order valence-electron chi connectivity index (χ3n) is 3.69. The Morgan fingerprint density at radius 2 is 2.25 bits per heavy atom. The number of anilines is 1. The first-order valence-electron chi connectivity index (χ1n) is 6.75. The molecule has 0 amide bonds. The molecule has 1 fully saturated rings. The van der Waals surface area contributed by atoms with Crippen LogP contribution in [-0.2, 0) is 0 Å². The molecule has 1 aromatic heterocycles. The van der Waals surface area contributed by atoms with Gasteiger partial charge in [-0.05, 0) is 13.0 Å². The van der Waals surface area contributed by atoms with Gasteiger partial charge in [-0.3, -0.25) is 10.4 Å². The fourth-order valence-electron chi connectivity index (χ4n) is 2.69. The van der Waals surface area contributed by atoms with Gasteiger partial charge in [-0.15, -0.1) is 0 Å². The average molecular weight is 286 g/mol. The number of benzene rings is 1. The second kappa shape index (κ2) is 5.32. The lowest BCUT2D eigenvalue weighted by atomic mass is 10.1. The number of nitrogens with one attached hydrogen (secondary N) is 1. The number of nitrogen functional groups attached to an aromatic ring is 1. The summed E-state index contributed by atoms with van der Waals surface area (Å²) < 4.78 is 0. The summed E-state index contributed by atoms with van der Waals surface area (Å²) in [5.41, 5.74) is 8.53. The first-order valence-corrected chi connectivity index (χ1v) is 7.90. The van der Waals surface area contributed by atoms with Crippen molar-refractivity contribution in [3.8, 4) is 0 Å². The van der Waals surface area contributed by atoms with Gasteiger partial charge in [0.15, 0.2) is 0 Å². The van der Waals surface area contributed by atoms with Crippen molar-refractivity contribution in [1.29, 1.82) is 5.41 Å². The Morgan fingerprint density at radius 1 is 1.45 bits per heavy atom. The van der Waals surface area contributed by atoms with Gasteiger partial charge < -0.3 is 10.6 Å². The number of aromatic nitrogens is 1. The number of fused-ring (bicyclic) bond motifs is 1. The molecular weight excluding hydrogens is 268 g/mol. The molecule has 0 bridgehead atoms. The van der Waals surface area contributed by atoms with E-state index in [1.54, 1.807) is 6.20 Å². The van der Waals surface area contributed by atoms with E-state index in [1.807, 2.05) is 30.0 Å². The topological polar surface area (TPSA) is 66.0 Å². The molecule has 104 valence electrons. The summed E-state index contributed by atoms with van der Waals surface area (Å²) in [6.07, 6.45) is 1.73. The zero-order chi connectivity index (χ0) is 14.1. The van der Waals surface area contributed by atoms with Crippen LogP contribution in [0.1, 0.15) is 12.5 Å². The number of nitrogens with zero attached hydrogens (tertiary/aromatic N) is 2. The largest absolute Gasteiger partial charge is 0.384 e. The number of hydrogen-bond donors (Lipinski definition) is 2. The highest BCUT2D eigenvalue weighted by molar-refractivity contribution is 7.99. The van der Waals surface area contributed by atoms with Crippen LogP contribution in [0.3, 0.4) is 0 Å². The van der Waals surface area contributed by atoms with Gasteiger partial charge in [0.2, 0.25) is 0 Å². The van der Waals surface area contributed by atoms with Crippen LogP contribution in [0.5, 0.6) is 0 Å². The molecular formula is C15H18N4S. The summed E-state index contributed by atoms with van der Waals surface area (Å²) >= 11 is 1.98. The first-order chi connectivity index (χ1) is 9.68. The molecule has 0 aliphatic carbocycles. The molecule has 1 aliphatic rings. The number of hydrogen-bond acceptors (Lipinski definition) is 4. The Bertz CT molecular complexity index is 655. The van der Waals surface area contributed by atoms with Gasteiger partial charge in [0.25, 0.3) is 0 Å². The van der Waals surface area contributed by atoms with Crippen molar-refractivity contribution >= 4 is 34.2 Å². The Morgan fingerprint density at radius 3 is 3.00 bits per heavy atom. The molecule has 0 saturated carbocycles. The summed E-state index contributed by atoms with van der Waals surface area (Å²) in [7, 11) is 0. The molecule has 0 radical (unpaired) electrons. The van der Waals surface area contributed by atoms with Crippen LogP contribution in [0.4, 0.5) is 5.69 Å². The third-order valence-corrected chi connectivity index (χ3v) is 4.88. The van der Waals surface area contributed by atoms with Crippen LogP contribution in [0.25, 0.3) is 10.9 Å². The van der Waals surface area contributed by atoms with E-state index in [2.05, 4.69) is 22.9 Å². The third kappa shape index (κ3) is 2.22. The van der Waals surface area contributed by atoms with Gasteiger partial charge in [0.05, 0.1) is 16.8 Å². The molecule has 1 aromatic carbocycles. The molecule has 5 heteroatoms. The molecule has 4 nitrogen and oxygen atoms in total. The number of amidine groups is 1. The fraction of sp³-hybridized carbons (Fsp3) is 0.333. The van der Waals surface area contributed by atoms with E-state index >= 15 is 0 Å². The van der Waals surface area contributed by atoms with Gasteiger partial charge in [-0.25, -0.2) is 0 Å². The minimum absolute atomic E-state index is 0.0867. The van der Waals surface area contributed by atoms with Crippen molar-refractivity contribution in [3.63, 3.8) is 0 Å². The second-order valence-electron chi connectivity index (χ2n) is 5.07. The van der Waals surface area contributed by atoms with Gasteiger partial charge >= 0.3 is 0 Å². The Hall–Kier alpha value is -1.75.